The number of nitrogens with one attached hydrogen (secondary N) is 1. The van der Waals surface area contributed by atoms with Gasteiger partial charge in [-0.1, -0.05) is 19.1 Å². The third kappa shape index (κ3) is 5.02. The molecule has 0 spiro atoms. The van der Waals surface area contributed by atoms with Crippen molar-refractivity contribution in [1.29, 1.82) is 0 Å². The molecule has 37 heavy (non-hydrogen) atoms. The topological polar surface area (TPSA) is 101 Å². The van der Waals surface area contributed by atoms with E-state index in [0.717, 1.165) is 52.5 Å². The van der Waals surface area contributed by atoms with Crippen LogP contribution in [-0.4, -0.2) is 79.6 Å². The lowest BCUT2D eigenvalue weighted by atomic mass is 9.82. The lowest BCUT2D eigenvalue weighted by molar-refractivity contribution is 0.0862. The molecule has 0 amide bonds. The van der Waals surface area contributed by atoms with E-state index in [9.17, 15) is 0 Å². The molecule has 10 nitrogen and oxygen atoms in total. The van der Waals surface area contributed by atoms with Gasteiger partial charge in [-0.25, -0.2) is 4.68 Å². The molecule has 0 bridgehead atoms. The Morgan fingerprint density at radius 1 is 1.08 bits per heavy atom. The zero-order valence-corrected chi connectivity index (χ0v) is 21.9. The highest BCUT2D eigenvalue weighted by molar-refractivity contribution is 5.94. The second-order valence-electron chi connectivity index (χ2n) is 11.1. The largest absolute Gasteiger partial charge is 0.497 e. The number of anilines is 1. The number of aromatic nitrogens is 7. The van der Waals surface area contributed by atoms with Crippen molar-refractivity contribution >= 4 is 16.7 Å². The summed E-state index contributed by atoms with van der Waals surface area (Å²) >= 11 is 0. The number of likely N-dealkylation sites (tertiary alicyclic amines) is 1. The Morgan fingerprint density at radius 2 is 1.95 bits per heavy atom. The fraction of sp³-hybridized carbons (Fsp3) is 0.519. The zero-order chi connectivity index (χ0) is 25.4. The quantitative estimate of drug-likeness (QED) is 0.426. The molecular weight excluding hydrogens is 466 g/mol. The van der Waals surface area contributed by atoms with Gasteiger partial charge in [-0.2, -0.15) is 10.2 Å². The summed E-state index contributed by atoms with van der Waals surface area (Å²) in [6.45, 7) is 9.78. The minimum absolute atomic E-state index is 0.483. The molecule has 1 unspecified atom stereocenters. The van der Waals surface area contributed by atoms with Gasteiger partial charge in [-0.05, 0) is 62.4 Å². The molecule has 1 aromatic carbocycles. The molecule has 194 valence electrons. The van der Waals surface area contributed by atoms with Gasteiger partial charge in [0.2, 0.25) is 0 Å². The van der Waals surface area contributed by atoms with Crippen LogP contribution in [0.2, 0.25) is 0 Å². The van der Waals surface area contributed by atoms with Crippen LogP contribution >= 0.6 is 0 Å². The monoisotopic (exact) mass is 501 g/mol. The Labute approximate surface area is 217 Å². The second kappa shape index (κ2) is 9.74. The van der Waals surface area contributed by atoms with Crippen molar-refractivity contribution < 1.29 is 4.74 Å². The number of H-pyrrole nitrogens is 1. The highest BCUT2D eigenvalue weighted by atomic mass is 16.5. The van der Waals surface area contributed by atoms with Gasteiger partial charge < -0.3 is 9.64 Å². The van der Waals surface area contributed by atoms with E-state index >= 15 is 0 Å². The predicted molar refractivity (Wildman–Crippen MR) is 143 cm³/mol. The normalized spacial score (nSPS) is 20.4. The average Bonchev–Trinajstić information content (AvgIpc) is 3.58. The molecule has 0 radical (unpaired) electrons. The van der Waals surface area contributed by atoms with Gasteiger partial charge in [-0.15, -0.1) is 10.2 Å². The Morgan fingerprint density at radius 3 is 2.73 bits per heavy atom. The number of hydrogen-bond acceptors (Lipinski definition) is 8. The van der Waals surface area contributed by atoms with E-state index in [-0.39, 0.29) is 0 Å². The van der Waals surface area contributed by atoms with Crippen LogP contribution in [0.25, 0.3) is 22.2 Å². The molecule has 5 heterocycles. The van der Waals surface area contributed by atoms with E-state index in [4.69, 9.17) is 4.74 Å². The van der Waals surface area contributed by atoms with Crippen LogP contribution in [0.1, 0.15) is 45.2 Å². The van der Waals surface area contributed by atoms with Gasteiger partial charge in [0, 0.05) is 36.1 Å². The number of methoxy groups -OCH3 is 1. The van der Waals surface area contributed by atoms with E-state index in [1.807, 2.05) is 18.3 Å². The minimum Gasteiger partial charge on any atom is -0.497 e. The van der Waals surface area contributed by atoms with Crippen molar-refractivity contribution in [3.8, 4) is 17.0 Å². The Hall–Kier alpha value is -3.53. The fourth-order valence-corrected chi connectivity index (χ4v) is 5.58. The summed E-state index contributed by atoms with van der Waals surface area (Å²) in [5, 5.41) is 26.0. The number of piperidine rings is 2. The molecule has 10 heteroatoms. The molecule has 2 saturated heterocycles. The summed E-state index contributed by atoms with van der Waals surface area (Å²) in [4.78, 5) is 5.10. The fourth-order valence-electron chi connectivity index (χ4n) is 5.58. The number of benzene rings is 1. The van der Waals surface area contributed by atoms with Crippen molar-refractivity contribution in [1.82, 2.24) is 40.3 Å². The first-order chi connectivity index (χ1) is 18.0. The van der Waals surface area contributed by atoms with Crippen LogP contribution in [0.4, 0.5) is 5.82 Å². The minimum atomic E-state index is 0.483. The first-order valence-electron chi connectivity index (χ1n) is 13.2. The van der Waals surface area contributed by atoms with E-state index < -0.39 is 0 Å². The van der Waals surface area contributed by atoms with Crippen molar-refractivity contribution in [2.75, 3.05) is 38.2 Å². The van der Waals surface area contributed by atoms with Gasteiger partial charge >= 0.3 is 0 Å². The first-order valence-corrected chi connectivity index (χ1v) is 13.2. The van der Waals surface area contributed by atoms with Gasteiger partial charge in [0.05, 0.1) is 37.3 Å². The first kappa shape index (κ1) is 23.8. The summed E-state index contributed by atoms with van der Waals surface area (Å²) in [6.07, 6.45) is 8.76. The zero-order valence-electron chi connectivity index (χ0n) is 21.9. The molecule has 4 aromatic rings. The van der Waals surface area contributed by atoms with Crippen LogP contribution in [0.3, 0.4) is 0 Å². The molecule has 0 aliphatic carbocycles. The molecule has 2 fully saturated rings. The van der Waals surface area contributed by atoms with Crippen LogP contribution < -0.4 is 9.64 Å². The molecule has 1 atom stereocenters. The van der Waals surface area contributed by atoms with Crippen LogP contribution in [-0.2, 0) is 6.54 Å². The lowest BCUT2D eigenvalue weighted by Gasteiger charge is -2.44. The third-order valence-electron chi connectivity index (χ3n) is 8.00. The average molecular weight is 502 g/mol. The third-order valence-corrected chi connectivity index (χ3v) is 8.00. The molecule has 2 aliphatic heterocycles. The molecule has 2 aliphatic rings. The summed E-state index contributed by atoms with van der Waals surface area (Å²) in [7, 11) is 1.65. The maximum atomic E-state index is 5.44. The van der Waals surface area contributed by atoms with Gasteiger partial charge in [0.25, 0.3) is 0 Å². The highest BCUT2D eigenvalue weighted by Gasteiger charge is 2.32. The molecule has 6 rings (SSSR count). The number of ether oxygens (including phenoxy) is 1. The second-order valence-corrected chi connectivity index (χ2v) is 11.1. The van der Waals surface area contributed by atoms with Gasteiger partial charge in [0.1, 0.15) is 11.4 Å². The number of fused-ring (bicyclic) bond motifs is 1. The van der Waals surface area contributed by atoms with E-state index in [1.165, 1.54) is 38.8 Å². The van der Waals surface area contributed by atoms with E-state index in [0.29, 0.717) is 18.0 Å². The Kier molecular flexibility index (Phi) is 6.27. The smallest absolute Gasteiger partial charge is 0.151 e. The SMILES string of the molecule is COc1cc(-c2cn(Cc3ccc(N4CCCC(N5CCC(C)(C)CC5)C4)nn3)nn2)c2cn[nH]c2c1. The Bertz CT molecular complexity index is 1350. The van der Waals surface area contributed by atoms with Gasteiger partial charge in [-0.3, -0.25) is 10.00 Å². The molecular formula is C27H35N9O. The predicted octanol–water partition coefficient (Wildman–Crippen LogP) is 3.76. The van der Waals surface area contributed by atoms with Gasteiger partial charge in [0.15, 0.2) is 5.82 Å². The van der Waals surface area contributed by atoms with Crippen molar-refractivity contribution in [2.24, 2.45) is 5.41 Å². The number of nitrogens with zero attached hydrogens (tertiary/aromatic N) is 8. The van der Waals surface area contributed by atoms with Crippen LogP contribution in [0, 0.1) is 5.41 Å². The van der Waals surface area contributed by atoms with Crippen LogP contribution in [0.15, 0.2) is 36.7 Å². The molecule has 0 saturated carbocycles. The van der Waals surface area contributed by atoms with E-state index in [2.05, 4.69) is 66.5 Å². The molecule has 3 aromatic heterocycles. The Balaban J connectivity index is 1.12. The standard InChI is InChI=1S/C27H35N9O/c1-27(2)8-11-34(12-9-27)20-5-4-10-35(17-20)26-7-6-19(29-32-26)16-36-18-25(31-33-36)22-13-21(37-3)14-24-23(22)15-28-30-24/h6-7,13-15,18,20H,4-5,8-12,16-17H2,1-3H3,(H,28,30). The highest BCUT2D eigenvalue weighted by Crippen LogP contribution is 2.33. The maximum Gasteiger partial charge on any atom is 0.151 e. The summed E-state index contributed by atoms with van der Waals surface area (Å²) in [6, 6.07) is 8.64. The van der Waals surface area contributed by atoms with Crippen molar-refractivity contribution in [3.63, 3.8) is 0 Å². The lowest BCUT2D eigenvalue weighted by Crippen LogP contribution is -2.51. The van der Waals surface area contributed by atoms with Crippen molar-refractivity contribution in [2.45, 2.75) is 52.1 Å². The summed E-state index contributed by atoms with van der Waals surface area (Å²) in [5.41, 5.74) is 3.92. The number of rotatable bonds is 6. The molecule has 1 N–H and O–H groups in total. The van der Waals surface area contributed by atoms with Crippen molar-refractivity contribution in [3.05, 3.63) is 42.4 Å². The number of aromatic amines is 1. The van der Waals surface area contributed by atoms with E-state index in [1.54, 1.807) is 18.0 Å². The van der Waals surface area contributed by atoms with Crippen LogP contribution in [0.5, 0.6) is 5.75 Å². The summed E-state index contributed by atoms with van der Waals surface area (Å²) < 4.78 is 7.23. The maximum absolute atomic E-state index is 5.44. The summed E-state index contributed by atoms with van der Waals surface area (Å²) in [5.74, 6) is 1.70. The number of hydrogen-bond donors (Lipinski definition) is 1.